The summed E-state index contributed by atoms with van der Waals surface area (Å²) >= 11 is 1.66. The average Bonchev–Trinajstić information content (AvgIpc) is 2.92. The van der Waals surface area contributed by atoms with Gasteiger partial charge in [0.25, 0.3) is 0 Å². The van der Waals surface area contributed by atoms with Crippen molar-refractivity contribution in [3.8, 4) is 0 Å². The van der Waals surface area contributed by atoms with Gasteiger partial charge in [-0.25, -0.2) is 9.67 Å². The summed E-state index contributed by atoms with van der Waals surface area (Å²) in [7, 11) is 1.95. The van der Waals surface area contributed by atoms with Crippen molar-refractivity contribution < 1.29 is 0 Å². The van der Waals surface area contributed by atoms with Crippen LogP contribution in [0.15, 0.2) is 11.7 Å². The average molecular weight is 251 g/mol. The second-order valence-electron chi connectivity index (χ2n) is 3.91. The molecule has 2 rings (SSSR count). The summed E-state index contributed by atoms with van der Waals surface area (Å²) in [6, 6.07) is 0.129. The summed E-state index contributed by atoms with van der Waals surface area (Å²) in [6.07, 6.45) is 2.88. The lowest BCUT2D eigenvalue weighted by Crippen LogP contribution is -2.21. The monoisotopic (exact) mass is 251 g/mol. The Morgan fingerprint density at radius 2 is 2.35 bits per heavy atom. The molecule has 0 saturated heterocycles. The van der Waals surface area contributed by atoms with Crippen molar-refractivity contribution in [2.24, 2.45) is 0 Å². The Hall–Kier alpha value is -1.27. The number of nitrogens with one attached hydrogen (secondary N) is 1. The van der Waals surface area contributed by atoms with Crippen LogP contribution < -0.4 is 5.32 Å². The highest BCUT2D eigenvalue weighted by Gasteiger charge is 2.20. The quantitative estimate of drug-likeness (QED) is 0.880. The number of hydrogen-bond donors (Lipinski definition) is 1. The maximum Gasteiger partial charge on any atom is 0.0874 e. The highest BCUT2D eigenvalue weighted by Crippen LogP contribution is 2.26. The molecule has 2 heterocycles. The maximum absolute atomic E-state index is 4.30. The van der Waals surface area contributed by atoms with Crippen LogP contribution in [0.3, 0.4) is 0 Å². The van der Waals surface area contributed by atoms with Gasteiger partial charge in [0.2, 0.25) is 0 Å². The minimum Gasteiger partial charge on any atom is -0.307 e. The lowest BCUT2D eigenvalue weighted by atomic mass is 10.1. The third kappa shape index (κ3) is 2.37. The fourth-order valence-corrected chi connectivity index (χ4v) is 2.80. The Morgan fingerprint density at radius 3 is 2.94 bits per heavy atom. The highest BCUT2D eigenvalue weighted by molar-refractivity contribution is 7.09. The van der Waals surface area contributed by atoms with Crippen molar-refractivity contribution in [3.05, 3.63) is 28.0 Å². The van der Waals surface area contributed by atoms with Crippen molar-refractivity contribution in [2.45, 2.75) is 32.9 Å². The number of hydrogen-bond acceptors (Lipinski definition) is 5. The molecule has 0 spiro atoms. The maximum atomic E-state index is 4.30. The minimum absolute atomic E-state index is 0.129. The van der Waals surface area contributed by atoms with E-state index in [-0.39, 0.29) is 6.04 Å². The molecule has 0 amide bonds. The standard InChI is InChI=1S/C11H17N5S/c1-4-5-16-9(6-14-15-16)10(12-3)11-8(2)13-7-17-11/h6-7,10,12H,4-5H2,1-3H3. The van der Waals surface area contributed by atoms with Gasteiger partial charge in [0.15, 0.2) is 0 Å². The smallest absolute Gasteiger partial charge is 0.0874 e. The Balaban J connectivity index is 2.35. The lowest BCUT2D eigenvalue weighted by Gasteiger charge is -2.16. The lowest BCUT2D eigenvalue weighted by molar-refractivity contribution is 0.525. The summed E-state index contributed by atoms with van der Waals surface area (Å²) in [4.78, 5) is 5.53. The number of rotatable bonds is 5. The van der Waals surface area contributed by atoms with Gasteiger partial charge >= 0.3 is 0 Å². The van der Waals surface area contributed by atoms with E-state index in [1.54, 1.807) is 11.3 Å². The zero-order chi connectivity index (χ0) is 12.3. The molecule has 92 valence electrons. The van der Waals surface area contributed by atoms with E-state index < -0.39 is 0 Å². The topological polar surface area (TPSA) is 55.6 Å². The Kier molecular flexibility index (Phi) is 3.86. The van der Waals surface area contributed by atoms with E-state index in [2.05, 4.69) is 27.5 Å². The van der Waals surface area contributed by atoms with E-state index in [0.717, 1.165) is 24.4 Å². The van der Waals surface area contributed by atoms with Crippen LogP contribution in [0.1, 0.15) is 35.7 Å². The molecule has 1 N–H and O–H groups in total. The molecule has 1 atom stereocenters. The van der Waals surface area contributed by atoms with Gasteiger partial charge in [-0.1, -0.05) is 12.1 Å². The van der Waals surface area contributed by atoms with Crippen LogP contribution in [0.2, 0.25) is 0 Å². The van der Waals surface area contributed by atoms with Gasteiger partial charge in [-0.2, -0.15) is 0 Å². The number of thiazole rings is 1. The molecule has 17 heavy (non-hydrogen) atoms. The van der Waals surface area contributed by atoms with E-state index in [1.165, 1.54) is 4.88 Å². The zero-order valence-corrected chi connectivity index (χ0v) is 11.2. The molecular weight excluding hydrogens is 234 g/mol. The van der Waals surface area contributed by atoms with Crippen molar-refractivity contribution in [3.63, 3.8) is 0 Å². The summed E-state index contributed by atoms with van der Waals surface area (Å²) in [5.74, 6) is 0. The SMILES string of the molecule is CCCn1nncc1C(NC)c1scnc1C. The minimum atomic E-state index is 0.129. The molecule has 0 radical (unpaired) electrons. The van der Waals surface area contributed by atoms with Gasteiger partial charge in [0.05, 0.1) is 34.0 Å². The molecule has 0 aliphatic carbocycles. The van der Waals surface area contributed by atoms with Crippen molar-refractivity contribution in [1.29, 1.82) is 0 Å². The molecule has 0 aliphatic rings. The molecule has 6 heteroatoms. The first-order chi connectivity index (χ1) is 8.27. The third-order valence-corrected chi connectivity index (χ3v) is 3.71. The van der Waals surface area contributed by atoms with Crippen LogP contribution in [0.5, 0.6) is 0 Å². The van der Waals surface area contributed by atoms with E-state index in [0.29, 0.717) is 0 Å². The first-order valence-corrected chi connectivity index (χ1v) is 6.61. The molecule has 0 fully saturated rings. The molecule has 1 unspecified atom stereocenters. The Morgan fingerprint density at radius 1 is 1.53 bits per heavy atom. The van der Waals surface area contributed by atoms with Gasteiger partial charge < -0.3 is 5.32 Å². The Labute approximate surface area is 105 Å². The third-order valence-electron chi connectivity index (χ3n) is 2.71. The summed E-state index contributed by atoms with van der Waals surface area (Å²) in [6.45, 7) is 5.06. The predicted octanol–water partition coefficient (Wildman–Crippen LogP) is 1.76. The second-order valence-corrected chi connectivity index (χ2v) is 4.79. The van der Waals surface area contributed by atoms with E-state index in [9.17, 15) is 0 Å². The summed E-state index contributed by atoms with van der Waals surface area (Å²) in [5.41, 5.74) is 4.04. The zero-order valence-electron chi connectivity index (χ0n) is 10.3. The van der Waals surface area contributed by atoms with Gasteiger partial charge in [0.1, 0.15) is 0 Å². The number of aryl methyl sites for hydroxylation is 2. The van der Waals surface area contributed by atoms with Crippen molar-refractivity contribution >= 4 is 11.3 Å². The van der Waals surface area contributed by atoms with E-state index in [1.807, 2.05) is 30.4 Å². The fourth-order valence-electron chi connectivity index (χ4n) is 1.88. The largest absolute Gasteiger partial charge is 0.307 e. The molecule has 2 aromatic rings. The molecule has 2 aromatic heterocycles. The van der Waals surface area contributed by atoms with Crippen LogP contribution in [0, 0.1) is 6.92 Å². The molecule has 0 aliphatic heterocycles. The van der Waals surface area contributed by atoms with E-state index >= 15 is 0 Å². The van der Waals surface area contributed by atoms with Crippen LogP contribution >= 0.6 is 11.3 Å². The van der Waals surface area contributed by atoms with Gasteiger partial charge in [-0.3, -0.25) is 0 Å². The van der Waals surface area contributed by atoms with Crippen LogP contribution in [-0.2, 0) is 6.54 Å². The van der Waals surface area contributed by atoms with Crippen LogP contribution in [-0.4, -0.2) is 27.0 Å². The number of aromatic nitrogens is 4. The van der Waals surface area contributed by atoms with Crippen LogP contribution in [0.4, 0.5) is 0 Å². The second kappa shape index (κ2) is 5.37. The molecule has 5 nitrogen and oxygen atoms in total. The highest BCUT2D eigenvalue weighted by atomic mass is 32.1. The van der Waals surface area contributed by atoms with Crippen molar-refractivity contribution in [2.75, 3.05) is 7.05 Å². The molecule has 0 aromatic carbocycles. The van der Waals surface area contributed by atoms with Crippen LogP contribution in [0.25, 0.3) is 0 Å². The van der Waals surface area contributed by atoms with Gasteiger partial charge in [-0.05, 0) is 20.4 Å². The van der Waals surface area contributed by atoms with Gasteiger partial charge in [0, 0.05) is 6.54 Å². The number of nitrogens with zero attached hydrogens (tertiary/aromatic N) is 4. The molecule has 0 bridgehead atoms. The summed E-state index contributed by atoms with van der Waals surface area (Å²) < 4.78 is 1.96. The molecule has 0 saturated carbocycles. The normalized spacial score (nSPS) is 12.9. The van der Waals surface area contributed by atoms with Gasteiger partial charge in [-0.15, -0.1) is 16.4 Å². The Bertz CT molecular complexity index is 476. The first kappa shape index (κ1) is 12.2. The summed E-state index contributed by atoms with van der Waals surface area (Å²) in [5, 5.41) is 11.4. The van der Waals surface area contributed by atoms with Crippen molar-refractivity contribution in [1.82, 2.24) is 25.3 Å². The fraction of sp³-hybridized carbons (Fsp3) is 0.545. The van der Waals surface area contributed by atoms with E-state index in [4.69, 9.17) is 0 Å². The molecular formula is C11H17N5S. The predicted molar refractivity (Wildman–Crippen MR) is 68.1 cm³/mol. The first-order valence-electron chi connectivity index (χ1n) is 5.73.